The molecule has 0 atom stereocenters. The highest BCUT2D eigenvalue weighted by Crippen LogP contribution is 2.20. The molecule has 1 aromatic heterocycles. The smallest absolute Gasteiger partial charge is 0.391 e. The fraction of sp³-hybridized carbons (Fsp3) is 0.333. The molecule has 86 valence electrons. The summed E-state index contributed by atoms with van der Waals surface area (Å²) in [4.78, 5) is 30.3. The lowest BCUT2D eigenvalue weighted by Gasteiger charge is -2.12. The Morgan fingerprint density at radius 2 is 2.06 bits per heavy atom. The number of ether oxygens (including phenoxy) is 1. The van der Waals surface area contributed by atoms with E-state index in [-0.39, 0.29) is 11.8 Å². The molecule has 0 aliphatic rings. The van der Waals surface area contributed by atoms with Crippen molar-refractivity contribution in [2.75, 3.05) is 11.9 Å². The summed E-state index contributed by atoms with van der Waals surface area (Å²) in [5.74, 6) is 0.207. The molecule has 7 nitrogen and oxygen atoms in total. The molecule has 0 saturated heterocycles. The normalized spacial score (nSPS) is 9.69. The van der Waals surface area contributed by atoms with Crippen LogP contribution in [-0.4, -0.2) is 29.5 Å². The molecule has 0 spiro atoms. The maximum absolute atomic E-state index is 10.6. The number of hydrogen-bond acceptors (Lipinski definition) is 5. The molecular weight excluding hydrogens is 212 g/mol. The lowest BCUT2D eigenvalue weighted by Crippen LogP contribution is -2.21. The number of nitrogens with two attached hydrogens (primary N) is 1. The van der Waals surface area contributed by atoms with Gasteiger partial charge in [0.1, 0.15) is 0 Å². The van der Waals surface area contributed by atoms with Gasteiger partial charge in [-0.05, 0) is 13.8 Å². The number of carbonyl (C=O) groups is 2. The summed E-state index contributed by atoms with van der Waals surface area (Å²) in [5.41, 5.74) is 6.10. The molecule has 0 radical (unpaired) electrons. The number of amides is 2. The number of rotatable bonds is 3. The summed E-state index contributed by atoms with van der Waals surface area (Å²) >= 11 is 0. The van der Waals surface area contributed by atoms with Gasteiger partial charge in [0.05, 0.1) is 0 Å². The highest BCUT2D eigenvalue weighted by atomic mass is 16.6. The molecular formula is C9H12N4O3. The molecule has 0 bridgehead atoms. The molecule has 16 heavy (non-hydrogen) atoms. The first kappa shape index (κ1) is 11.9. The van der Waals surface area contributed by atoms with Gasteiger partial charge in [-0.3, -0.25) is 9.69 Å². The maximum atomic E-state index is 10.6. The van der Waals surface area contributed by atoms with Gasteiger partial charge in [0.2, 0.25) is 18.2 Å². The Hall–Kier alpha value is -2.18. The molecule has 1 heterocycles. The number of nitrogens with zero attached hydrogens (tertiary/aromatic N) is 3. The second-order valence-corrected chi connectivity index (χ2v) is 3.18. The SMILES string of the molecule is Cc1nc(N(C)C=O)nc(OC(N)=O)c1C. The summed E-state index contributed by atoms with van der Waals surface area (Å²) in [5, 5.41) is 0. The lowest BCUT2D eigenvalue weighted by molar-refractivity contribution is -0.107. The van der Waals surface area contributed by atoms with E-state index in [9.17, 15) is 9.59 Å². The summed E-state index contributed by atoms with van der Waals surface area (Å²) in [7, 11) is 1.49. The molecule has 2 amide bonds. The van der Waals surface area contributed by atoms with Crippen LogP contribution in [0.4, 0.5) is 10.7 Å². The standard InChI is InChI=1S/C9H12N4O3/c1-5-6(2)11-9(13(3)4-14)12-7(5)16-8(10)15/h4H,1-3H3,(H2,10,15). The fourth-order valence-electron chi connectivity index (χ4n) is 0.988. The maximum Gasteiger partial charge on any atom is 0.411 e. The number of carbonyl (C=O) groups excluding carboxylic acids is 2. The summed E-state index contributed by atoms with van der Waals surface area (Å²) < 4.78 is 4.71. The van der Waals surface area contributed by atoms with Crippen LogP contribution < -0.4 is 15.4 Å². The Bertz CT molecular complexity index is 433. The van der Waals surface area contributed by atoms with Gasteiger partial charge >= 0.3 is 6.09 Å². The van der Waals surface area contributed by atoms with Crippen LogP contribution in [0.25, 0.3) is 0 Å². The van der Waals surface area contributed by atoms with Crippen molar-refractivity contribution in [1.29, 1.82) is 0 Å². The summed E-state index contributed by atoms with van der Waals surface area (Å²) in [6, 6.07) is 0. The van der Waals surface area contributed by atoms with E-state index in [1.807, 2.05) is 0 Å². The van der Waals surface area contributed by atoms with E-state index in [4.69, 9.17) is 10.5 Å². The van der Waals surface area contributed by atoms with Crippen LogP contribution in [0.3, 0.4) is 0 Å². The fourth-order valence-corrected chi connectivity index (χ4v) is 0.988. The number of anilines is 1. The lowest BCUT2D eigenvalue weighted by atomic mass is 10.2. The van der Waals surface area contributed by atoms with Gasteiger partial charge in [0, 0.05) is 18.3 Å². The van der Waals surface area contributed by atoms with Gasteiger partial charge in [-0.1, -0.05) is 0 Å². The Balaban J connectivity index is 3.21. The second kappa shape index (κ2) is 4.56. The number of aromatic nitrogens is 2. The van der Waals surface area contributed by atoms with Gasteiger partial charge in [0.25, 0.3) is 0 Å². The van der Waals surface area contributed by atoms with Gasteiger partial charge in [-0.15, -0.1) is 0 Å². The number of aryl methyl sites for hydroxylation is 1. The predicted octanol–water partition coefficient (Wildman–Crippen LogP) is 0.144. The topological polar surface area (TPSA) is 98.4 Å². The Morgan fingerprint density at radius 1 is 1.44 bits per heavy atom. The van der Waals surface area contributed by atoms with Gasteiger partial charge in [0.15, 0.2) is 0 Å². The minimum atomic E-state index is -0.957. The van der Waals surface area contributed by atoms with Crippen LogP contribution in [0, 0.1) is 13.8 Å². The van der Waals surface area contributed by atoms with E-state index in [2.05, 4.69) is 9.97 Å². The third kappa shape index (κ3) is 2.44. The molecule has 0 aliphatic heterocycles. The summed E-state index contributed by atoms with van der Waals surface area (Å²) in [6.45, 7) is 3.41. The molecule has 0 fully saturated rings. The first-order chi connectivity index (χ1) is 7.45. The molecule has 0 unspecified atom stereocenters. The highest BCUT2D eigenvalue weighted by Gasteiger charge is 2.13. The van der Waals surface area contributed by atoms with E-state index >= 15 is 0 Å². The quantitative estimate of drug-likeness (QED) is 0.736. The van der Waals surface area contributed by atoms with Crippen LogP contribution in [0.2, 0.25) is 0 Å². The Labute approximate surface area is 92.2 Å². The third-order valence-corrected chi connectivity index (χ3v) is 2.00. The first-order valence-electron chi connectivity index (χ1n) is 4.46. The Morgan fingerprint density at radius 3 is 2.56 bits per heavy atom. The van der Waals surface area contributed by atoms with Crippen LogP contribution >= 0.6 is 0 Å². The number of hydrogen-bond donors (Lipinski definition) is 1. The Kier molecular flexibility index (Phi) is 3.39. The van der Waals surface area contributed by atoms with Crippen molar-refractivity contribution in [3.05, 3.63) is 11.3 Å². The van der Waals surface area contributed by atoms with Crippen LogP contribution in [0.5, 0.6) is 5.88 Å². The van der Waals surface area contributed by atoms with E-state index < -0.39 is 6.09 Å². The first-order valence-corrected chi connectivity index (χ1v) is 4.46. The molecule has 7 heteroatoms. The van der Waals surface area contributed by atoms with E-state index in [0.29, 0.717) is 17.7 Å². The highest BCUT2D eigenvalue weighted by molar-refractivity contribution is 5.71. The van der Waals surface area contributed by atoms with Crippen molar-refractivity contribution in [3.63, 3.8) is 0 Å². The van der Waals surface area contributed by atoms with Crippen molar-refractivity contribution in [2.45, 2.75) is 13.8 Å². The largest absolute Gasteiger partial charge is 0.411 e. The second-order valence-electron chi connectivity index (χ2n) is 3.18. The average molecular weight is 224 g/mol. The molecule has 0 aromatic carbocycles. The van der Waals surface area contributed by atoms with Crippen LogP contribution in [0.1, 0.15) is 11.3 Å². The van der Waals surface area contributed by atoms with Crippen molar-refractivity contribution in [3.8, 4) is 5.88 Å². The monoisotopic (exact) mass is 224 g/mol. The average Bonchev–Trinajstić information content (AvgIpc) is 2.22. The van der Waals surface area contributed by atoms with Crippen LogP contribution in [-0.2, 0) is 4.79 Å². The van der Waals surface area contributed by atoms with Crippen molar-refractivity contribution in [2.24, 2.45) is 5.73 Å². The van der Waals surface area contributed by atoms with Crippen LogP contribution in [0.15, 0.2) is 0 Å². The van der Waals surface area contributed by atoms with Gasteiger partial charge in [-0.2, -0.15) is 4.98 Å². The van der Waals surface area contributed by atoms with Crippen molar-refractivity contribution >= 4 is 18.5 Å². The minimum absolute atomic E-state index is 0.0590. The molecule has 0 aliphatic carbocycles. The zero-order valence-electron chi connectivity index (χ0n) is 9.22. The van der Waals surface area contributed by atoms with E-state index in [0.717, 1.165) is 0 Å². The van der Waals surface area contributed by atoms with Crippen molar-refractivity contribution in [1.82, 2.24) is 9.97 Å². The van der Waals surface area contributed by atoms with Gasteiger partial charge in [-0.25, -0.2) is 9.78 Å². The summed E-state index contributed by atoms with van der Waals surface area (Å²) in [6.07, 6.45) is -0.404. The third-order valence-electron chi connectivity index (χ3n) is 2.00. The predicted molar refractivity (Wildman–Crippen MR) is 56.2 cm³/mol. The zero-order valence-corrected chi connectivity index (χ0v) is 9.22. The number of primary amides is 1. The van der Waals surface area contributed by atoms with Gasteiger partial charge < -0.3 is 10.5 Å². The van der Waals surface area contributed by atoms with E-state index in [1.54, 1.807) is 13.8 Å². The molecule has 1 rings (SSSR count). The molecule has 2 N–H and O–H groups in total. The molecule has 1 aromatic rings. The molecule has 0 saturated carbocycles. The zero-order chi connectivity index (χ0) is 12.3. The van der Waals surface area contributed by atoms with Crippen molar-refractivity contribution < 1.29 is 14.3 Å². The minimum Gasteiger partial charge on any atom is -0.391 e. The van der Waals surface area contributed by atoms with E-state index in [1.165, 1.54) is 11.9 Å².